The van der Waals surface area contributed by atoms with Gasteiger partial charge in [0.05, 0.1) is 24.8 Å². The highest BCUT2D eigenvalue weighted by Gasteiger charge is 2.27. The Bertz CT molecular complexity index is 455. The van der Waals surface area contributed by atoms with Crippen molar-refractivity contribution in [2.45, 2.75) is 18.5 Å². The summed E-state index contributed by atoms with van der Waals surface area (Å²) in [5.74, 6) is 1.33. The summed E-state index contributed by atoms with van der Waals surface area (Å²) in [6.45, 7) is -1.06. The van der Waals surface area contributed by atoms with Crippen LogP contribution in [0.2, 0.25) is 0 Å². The molecule has 1 aromatic rings. The molecule has 0 heterocycles. The Hall–Kier alpha value is -0.660. The van der Waals surface area contributed by atoms with E-state index < -0.39 is 12.8 Å². The Kier molecular flexibility index (Phi) is 7.62. The van der Waals surface area contributed by atoms with E-state index in [2.05, 4.69) is 20.7 Å². The average Bonchev–Trinajstić information content (AvgIpc) is 2.42. The summed E-state index contributed by atoms with van der Waals surface area (Å²) in [7, 11) is 1.50. The highest BCUT2D eigenvalue weighted by Crippen LogP contribution is 2.37. The minimum Gasteiger partial charge on any atom is -0.493 e. The second kappa shape index (κ2) is 8.70. The Morgan fingerprint density at radius 2 is 1.95 bits per heavy atom. The zero-order valence-corrected chi connectivity index (χ0v) is 13.6. The van der Waals surface area contributed by atoms with Crippen LogP contribution < -0.4 is 9.47 Å². The smallest absolute Gasteiger partial charge is 0.411 e. The van der Waals surface area contributed by atoms with Crippen molar-refractivity contribution in [3.05, 3.63) is 22.2 Å². The zero-order valence-electron chi connectivity index (χ0n) is 11.3. The molecule has 0 bridgehead atoms. The summed E-state index contributed by atoms with van der Waals surface area (Å²) >= 11 is 9.10. The fourth-order valence-corrected chi connectivity index (χ4v) is 2.27. The van der Waals surface area contributed by atoms with E-state index in [0.29, 0.717) is 28.3 Å². The van der Waals surface area contributed by atoms with Gasteiger partial charge in [0.1, 0.15) is 6.61 Å². The van der Waals surface area contributed by atoms with E-state index in [4.69, 9.17) is 21.1 Å². The average molecular weight is 392 g/mol. The molecule has 0 fully saturated rings. The van der Waals surface area contributed by atoms with Gasteiger partial charge in [0, 0.05) is 12.3 Å². The molecule has 3 nitrogen and oxygen atoms in total. The topological polar surface area (TPSA) is 27.7 Å². The second-order valence-corrected chi connectivity index (χ2v) is 5.23. The molecule has 0 N–H and O–H groups in total. The summed E-state index contributed by atoms with van der Waals surface area (Å²) in [6, 6.07) is 3.54. The van der Waals surface area contributed by atoms with Gasteiger partial charge in [0.25, 0.3) is 0 Å². The molecular weight excluding hydrogens is 376 g/mol. The number of alkyl halides is 4. The summed E-state index contributed by atoms with van der Waals surface area (Å²) in [5, 5.41) is 0. The van der Waals surface area contributed by atoms with Crippen molar-refractivity contribution in [3.63, 3.8) is 0 Å². The van der Waals surface area contributed by atoms with Crippen LogP contribution in [-0.4, -0.2) is 33.1 Å². The molecule has 0 aliphatic rings. The number of benzene rings is 1. The predicted molar refractivity (Wildman–Crippen MR) is 77.2 cm³/mol. The molecule has 0 amide bonds. The van der Waals surface area contributed by atoms with E-state index in [1.165, 1.54) is 7.11 Å². The highest BCUT2D eigenvalue weighted by atomic mass is 79.9. The first-order valence-corrected chi connectivity index (χ1v) is 7.40. The summed E-state index contributed by atoms with van der Waals surface area (Å²) in [4.78, 5) is 0. The maximum Gasteiger partial charge on any atom is 0.411 e. The molecule has 0 saturated carbocycles. The van der Waals surface area contributed by atoms with Crippen molar-refractivity contribution in [1.29, 1.82) is 0 Å². The van der Waals surface area contributed by atoms with Crippen LogP contribution in [0.3, 0.4) is 0 Å². The van der Waals surface area contributed by atoms with E-state index in [1.807, 2.05) is 0 Å². The first kappa shape index (κ1) is 18.4. The lowest BCUT2D eigenvalue weighted by Gasteiger charge is -2.14. The summed E-state index contributed by atoms with van der Waals surface area (Å²) in [5.41, 5.74) is 0.862. The monoisotopic (exact) mass is 390 g/mol. The van der Waals surface area contributed by atoms with Crippen molar-refractivity contribution in [2.75, 3.05) is 26.9 Å². The minimum absolute atomic E-state index is 0.0286. The number of ether oxygens (including phenoxy) is 3. The molecule has 0 aromatic heterocycles. The standard InChI is InChI=1S/C13H15BrClF3O3/c1-19-11-6-9(7-15)5-10(14)12(11)21-4-2-3-20-8-13(16,17)18/h5-6H,2-4,7-8H2,1H3. The van der Waals surface area contributed by atoms with Crippen LogP contribution in [0.4, 0.5) is 13.2 Å². The van der Waals surface area contributed by atoms with Gasteiger partial charge in [-0.1, -0.05) is 0 Å². The minimum atomic E-state index is -4.30. The molecule has 0 unspecified atom stereocenters. The fourth-order valence-electron chi connectivity index (χ4n) is 1.51. The molecule has 0 aliphatic carbocycles. The second-order valence-electron chi connectivity index (χ2n) is 4.11. The molecule has 0 saturated heterocycles. The van der Waals surface area contributed by atoms with Crippen LogP contribution in [-0.2, 0) is 10.6 Å². The third-order valence-electron chi connectivity index (χ3n) is 2.39. The number of hydrogen-bond acceptors (Lipinski definition) is 3. The lowest BCUT2D eigenvalue weighted by atomic mass is 10.2. The van der Waals surface area contributed by atoms with Crippen molar-refractivity contribution in [3.8, 4) is 11.5 Å². The van der Waals surface area contributed by atoms with E-state index in [9.17, 15) is 13.2 Å². The van der Waals surface area contributed by atoms with Gasteiger partial charge in [0.2, 0.25) is 0 Å². The molecule has 120 valence electrons. The van der Waals surface area contributed by atoms with Gasteiger partial charge in [-0.3, -0.25) is 0 Å². The number of methoxy groups -OCH3 is 1. The molecule has 0 spiro atoms. The summed E-state index contributed by atoms with van der Waals surface area (Å²) in [6.07, 6.45) is -3.96. The molecule has 8 heteroatoms. The van der Waals surface area contributed by atoms with E-state index in [0.717, 1.165) is 5.56 Å². The van der Waals surface area contributed by atoms with Crippen molar-refractivity contribution < 1.29 is 27.4 Å². The Morgan fingerprint density at radius 3 is 2.52 bits per heavy atom. The first-order chi connectivity index (χ1) is 9.87. The lowest BCUT2D eigenvalue weighted by Crippen LogP contribution is -2.18. The normalized spacial score (nSPS) is 11.5. The van der Waals surface area contributed by atoms with Crippen LogP contribution in [0, 0.1) is 0 Å². The Labute approximate surface area is 134 Å². The molecule has 0 atom stereocenters. The first-order valence-electron chi connectivity index (χ1n) is 6.07. The third kappa shape index (κ3) is 6.76. The van der Waals surface area contributed by atoms with Gasteiger partial charge >= 0.3 is 6.18 Å². The maximum atomic E-state index is 11.9. The van der Waals surface area contributed by atoms with Crippen LogP contribution in [0.5, 0.6) is 11.5 Å². The van der Waals surface area contributed by atoms with Crippen molar-refractivity contribution in [1.82, 2.24) is 0 Å². The SMILES string of the molecule is COc1cc(CCl)cc(Br)c1OCCCOCC(F)(F)F. The summed E-state index contributed by atoms with van der Waals surface area (Å²) < 4.78 is 51.5. The Morgan fingerprint density at radius 1 is 1.24 bits per heavy atom. The van der Waals surface area contributed by atoms with Crippen LogP contribution in [0.25, 0.3) is 0 Å². The lowest BCUT2D eigenvalue weighted by molar-refractivity contribution is -0.174. The molecule has 0 aliphatic heterocycles. The van der Waals surface area contributed by atoms with E-state index in [1.54, 1.807) is 12.1 Å². The van der Waals surface area contributed by atoms with Crippen molar-refractivity contribution in [2.24, 2.45) is 0 Å². The van der Waals surface area contributed by atoms with E-state index in [-0.39, 0.29) is 13.2 Å². The molecule has 1 aromatic carbocycles. The molecule has 1 rings (SSSR count). The van der Waals surface area contributed by atoms with Crippen molar-refractivity contribution >= 4 is 27.5 Å². The number of halogens is 5. The largest absolute Gasteiger partial charge is 0.493 e. The predicted octanol–water partition coefficient (Wildman–Crippen LogP) is 4.54. The van der Waals surface area contributed by atoms with Gasteiger partial charge in [-0.15, -0.1) is 11.6 Å². The van der Waals surface area contributed by atoms with Gasteiger partial charge in [0.15, 0.2) is 11.5 Å². The number of hydrogen-bond donors (Lipinski definition) is 0. The van der Waals surface area contributed by atoms with Gasteiger partial charge in [-0.2, -0.15) is 13.2 Å². The van der Waals surface area contributed by atoms with Gasteiger partial charge in [-0.05, 0) is 33.6 Å². The zero-order chi connectivity index (χ0) is 15.9. The van der Waals surface area contributed by atoms with Crippen LogP contribution in [0.15, 0.2) is 16.6 Å². The number of rotatable bonds is 8. The van der Waals surface area contributed by atoms with Crippen LogP contribution in [0.1, 0.15) is 12.0 Å². The van der Waals surface area contributed by atoms with E-state index >= 15 is 0 Å². The molecule has 21 heavy (non-hydrogen) atoms. The Balaban J connectivity index is 2.45. The molecular formula is C13H15BrClF3O3. The third-order valence-corrected chi connectivity index (χ3v) is 3.29. The van der Waals surface area contributed by atoms with Gasteiger partial charge < -0.3 is 14.2 Å². The quantitative estimate of drug-likeness (QED) is 0.481. The molecule has 0 radical (unpaired) electrons. The maximum absolute atomic E-state index is 11.9. The van der Waals surface area contributed by atoms with Crippen LogP contribution >= 0.6 is 27.5 Å². The highest BCUT2D eigenvalue weighted by molar-refractivity contribution is 9.10. The van der Waals surface area contributed by atoms with Gasteiger partial charge in [-0.25, -0.2) is 0 Å². The fraction of sp³-hybridized carbons (Fsp3) is 0.538.